The van der Waals surface area contributed by atoms with Crippen molar-refractivity contribution in [2.75, 3.05) is 12.8 Å². The molecule has 10 heteroatoms. The van der Waals surface area contributed by atoms with Gasteiger partial charge in [0.15, 0.2) is 5.65 Å². The Morgan fingerprint density at radius 3 is 2.59 bits per heavy atom. The number of aromatic nitrogens is 4. The fraction of sp³-hybridized carbons (Fsp3) is 0.103. The molecule has 0 saturated carbocycles. The summed E-state index contributed by atoms with van der Waals surface area (Å²) in [7, 11) is 1.43. The molecular weight excluding hydrogens is 504 g/mol. The predicted octanol–water partition coefficient (Wildman–Crippen LogP) is 5.75. The lowest BCUT2D eigenvalue weighted by Gasteiger charge is -2.17. The van der Waals surface area contributed by atoms with Crippen LogP contribution in [0.2, 0.25) is 0 Å². The first-order chi connectivity index (χ1) is 18.9. The molecule has 39 heavy (non-hydrogen) atoms. The van der Waals surface area contributed by atoms with Crippen LogP contribution < -0.4 is 15.9 Å². The number of halogens is 2. The second-order valence-electron chi connectivity index (χ2n) is 8.95. The second kappa shape index (κ2) is 9.32. The van der Waals surface area contributed by atoms with E-state index in [0.29, 0.717) is 38.8 Å². The third-order valence-electron chi connectivity index (χ3n) is 6.62. The summed E-state index contributed by atoms with van der Waals surface area (Å²) in [5, 5.41) is 5.58. The number of rotatable bonds is 5. The van der Waals surface area contributed by atoms with Gasteiger partial charge in [0.25, 0.3) is 0 Å². The third kappa shape index (κ3) is 3.97. The third-order valence-corrected chi connectivity index (χ3v) is 6.62. The maximum absolute atomic E-state index is 14.3. The minimum Gasteiger partial charge on any atom is -0.496 e. The lowest BCUT2D eigenvalue weighted by Crippen LogP contribution is -2.16. The highest BCUT2D eigenvalue weighted by molar-refractivity contribution is 5.99. The lowest BCUT2D eigenvalue weighted by molar-refractivity contribution is 0.412. The van der Waals surface area contributed by atoms with Gasteiger partial charge in [-0.1, -0.05) is 24.3 Å². The minimum atomic E-state index is -0.711. The van der Waals surface area contributed by atoms with Crippen LogP contribution in [0.1, 0.15) is 18.7 Å². The van der Waals surface area contributed by atoms with Crippen molar-refractivity contribution in [2.45, 2.75) is 13.0 Å². The molecule has 8 nitrogen and oxygen atoms in total. The van der Waals surface area contributed by atoms with Crippen molar-refractivity contribution in [3.8, 4) is 28.1 Å². The van der Waals surface area contributed by atoms with E-state index in [9.17, 15) is 13.6 Å². The summed E-state index contributed by atoms with van der Waals surface area (Å²) in [5.41, 5.74) is 8.09. The van der Waals surface area contributed by atoms with Gasteiger partial charge in [-0.15, -0.1) is 0 Å². The average Bonchev–Trinajstić information content (AvgIpc) is 3.33. The van der Waals surface area contributed by atoms with Crippen molar-refractivity contribution < 1.29 is 17.9 Å². The van der Waals surface area contributed by atoms with Gasteiger partial charge in [0.05, 0.1) is 23.4 Å². The lowest BCUT2D eigenvalue weighted by atomic mass is 9.99. The first-order valence-corrected chi connectivity index (χ1v) is 12.0. The van der Waals surface area contributed by atoms with Gasteiger partial charge in [0, 0.05) is 11.6 Å². The molecule has 3 heterocycles. The number of nitrogen functional groups attached to an aromatic ring is 1. The van der Waals surface area contributed by atoms with Crippen LogP contribution in [-0.4, -0.2) is 26.9 Å². The van der Waals surface area contributed by atoms with Gasteiger partial charge < -0.3 is 14.9 Å². The van der Waals surface area contributed by atoms with Crippen molar-refractivity contribution in [2.24, 2.45) is 0 Å². The maximum atomic E-state index is 14.3. The molecule has 0 aliphatic carbocycles. The number of nitrogens with zero attached hydrogens (tertiary/aromatic N) is 4. The molecule has 1 unspecified atom stereocenters. The summed E-state index contributed by atoms with van der Waals surface area (Å²) in [4.78, 5) is 22.3. The second-order valence-corrected chi connectivity index (χ2v) is 8.95. The summed E-state index contributed by atoms with van der Waals surface area (Å²) in [6.45, 7) is 1.78. The minimum absolute atomic E-state index is 0.158. The van der Waals surface area contributed by atoms with E-state index in [2.05, 4.69) is 9.97 Å². The van der Waals surface area contributed by atoms with E-state index in [4.69, 9.17) is 20.0 Å². The average molecular weight is 526 g/mol. The van der Waals surface area contributed by atoms with Gasteiger partial charge in [-0.2, -0.15) is 5.10 Å². The quantitative estimate of drug-likeness (QED) is 0.305. The zero-order valence-electron chi connectivity index (χ0n) is 20.9. The van der Waals surface area contributed by atoms with E-state index in [0.717, 1.165) is 0 Å². The standard InChI is InChI=1S/C29H21F2N5O3/c1-15(27-23(16-6-5-7-17(30)12-16)26(37)20-8-3-4-9-21(20)39-27)36-29-24(28(32)33-14-34-29)25(35-36)19-11-10-18(31)13-22(19)38-2/h3-15H,1-2H3,(H2,32,33,34). The number of benzene rings is 3. The maximum Gasteiger partial charge on any atom is 0.200 e. The van der Waals surface area contributed by atoms with Crippen LogP contribution in [0.15, 0.2) is 82.3 Å². The summed E-state index contributed by atoms with van der Waals surface area (Å²) in [6, 6.07) is 16.0. The SMILES string of the molecule is COc1cc(F)ccc1-c1nn(C(C)c2oc3ccccc3c(=O)c2-c2cccc(F)c2)c2ncnc(N)c12. The smallest absolute Gasteiger partial charge is 0.200 e. The fourth-order valence-electron chi connectivity index (χ4n) is 4.80. The Bertz CT molecular complexity index is 1950. The monoisotopic (exact) mass is 525 g/mol. The van der Waals surface area contributed by atoms with Gasteiger partial charge >= 0.3 is 0 Å². The van der Waals surface area contributed by atoms with E-state index < -0.39 is 17.7 Å². The predicted molar refractivity (Wildman–Crippen MR) is 143 cm³/mol. The van der Waals surface area contributed by atoms with Crippen LogP contribution in [0.25, 0.3) is 44.4 Å². The highest BCUT2D eigenvalue weighted by Crippen LogP contribution is 2.39. The molecular formula is C29H21F2N5O3. The Kier molecular flexibility index (Phi) is 5.79. The van der Waals surface area contributed by atoms with Crippen molar-refractivity contribution in [3.05, 3.63) is 101 Å². The van der Waals surface area contributed by atoms with Crippen molar-refractivity contribution >= 4 is 27.8 Å². The largest absolute Gasteiger partial charge is 0.496 e. The molecule has 194 valence electrons. The zero-order valence-corrected chi connectivity index (χ0v) is 20.9. The number of methoxy groups -OCH3 is 1. The molecule has 6 rings (SSSR count). The number of ether oxygens (including phenoxy) is 1. The van der Waals surface area contributed by atoms with Gasteiger partial charge in [0.2, 0.25) is 5.43 Å². The molecule has 0 aliphatic rings. The van der Waals surface area contributed by atoms with E-state index in [-0.39, 0.29) is 28.3 Å². The van der Waals surface area contributed by atoms with Crippen LogP contribution in [-0.2, 0) is 0 Å². The van der Waals surface area contributed by atoms with Crippen LogP contribution >= 0.6 is 0 Å². The zero-order chi connectivity index (χ0) is 27.3. The molecule has 0 saturated heterocycles. The number of anilines is 1. The molecule has 3 aromatic carbocycles. The summed E-state index contributed by atoms with van der Waals surface area (Å²) in [6.07, 6.45) is 1.30. The Balaban J connectivity index is 1.65. The molecule has 6 aromatic rings. The Morgan fingerprint density at radius 2 is 1.79 bits per heavy atom. The molecule has 0 bridgehead atoms. The molecule has 0 spiro atoms. The Labute approximate surface area is 220 Å². The summed E-state index contributed by atoms with van der Waals surface area (Å²) >= 11 is 0. The Hall–Kier alpha value is -5.12. The topological polar surface area (TPSA) is 109 Å². The number of para-hydroxylation sites is 1. The molecule has 0 radical (unpaired) electrons. The van der Waals surface area contributed by atoms with Crippen LogP contribution in [0, 0.1) is 11.6 Å². The summed E-state index contributed by atoms with van der Waals surface area (Å²) < 4.78 is 41.5. The van der Waals surface area contributed by atoms with Gasteiger partial charge in [-0.05, 0) is 48.9 Å². The fourth-order valence-corrected chi connectivity index (χ4v) is 4.80. The van der Waals surface area contributed by atoms with Gasteiger partial charge in [-0.3, -0.25) is 4.79 Å². The number of fused-ring (bicyclic) bond motifs is 2. The Morgan fingerprint density at radius 1 is 1.00 bits per heavy atom. The van der Waals surface area contributed by atoms with Crippen LogP contribution in [0.5, 0.6) is 5.75 Å². The van der Waals surface area contributed by atoms with Crippen molar-refractivity contribution in [1.82, 2.24) is 19.7 Å². The molecule has 1 atom stereocenters. The first kappa shape index (κ1) is 24.2. The van der Waals surface area contributed by atoms with Crippen molar-refractivity contribution in [1.29, 1.82) is 0 Å². The van der Waals surface area contributed by atoms with Crippen molar-refractivity contribution in [3.63, 3.8) is 0 Å². The van der Waals surface area contributed by atoms with Gasteiger partial charge in [-0.25, -0.2) is 23.4 Å². The summed E-state index contributed by atoms with van der Waals surface area (Å²) in [5.74, 6) is -0.312. The molecule has 2 N–H and O–H groups in total. The number of nitrogens with two attached hydrogens (primary N) is 1. The highest BCUT2D eigenvalue weighted by Gasteiger charge is 2.28. The molecule has 0 amide bonds. The van der Waals surface area contributed by atoms with Crippen LogP contribution in [0.3, 0.4) is 0 Å². The van der Waals surface area contributed by atoms with E-state index >= 15 is 0 Å². The first-order valence-electron chi connectivity index (χ1n) is 12.0. The molecule has 0 fully saturated rings. The normalized spacial score (nSPS) is 12.2. The number of hydrogen-bond acceptors (Lipinski definition) is 7. The molecule has 3 aromatic heterocycles. The van der Waals surface area contributed by atoms with Gasteiger partial charge in [0.1, 0.15) is 52.6 Å². The van der Waals surface area contributed by atoms with E-state index in [1.807, 2.05) is 0 Å². The van der Waals surface area contributed by atoms with Crippen LogP contribution in [0.4, 0.5) is 14.6 Å². The van der Waals surface area contributed by atoms with E-state index in [1.165, 1.54) is 49.8 Å². The van der Waals surface area contributed by atoms with E-state index in [1.54, 1.807) is 41.9 Å². The molecule has 0 aliphatic heterocycles. The number of hydrogen-bond donors (Lipinski definition) is 1. The highest BCUT2D eigenvalue weighted by atomic mass is 19.1.